The monoisotopic (exact) mass is 468 g/mol. The van der Waals surface area contributed by atoms with Crippen LogP contribution in [-0.2, 0) is 10.0 Å². The van der Waals surface area contributed by atoms with Crippen LogP contribution in [0.5, 0.6) is 17.2 Å². The topological polar surface area (TPSA) is 103 Å². The molecule has 0 amide bonds. The van der Waals surface area contributed by atoms with Crippen LogP contribution in [0.3, 0.4) is 0 Å². The molecule has 1 N–H and O–H groups in total. The first kappa shape index (κ1) is 23.8. The van der Waals surface area contributed by atoms with Gasteiger partial charge in [-0.15, -0.1) is 0 Å². The van der Waals surface area contributed by atoms with Gasteiger partial charge in [0.2, 0.25) is 0 Å². The minimum absolute atomic E-state index is 0.112. The summed E-state index contributed by atoms with van der Waals surface area (Å²) < 4.78 is 40.8. The minimum atomic E-state index is -3.78. The van der Waals surface area contributed by atoms with E-state index in [1.54, 1.807) is 68.6 Å². The molecule has 3 aromatic carbocycles. The van der Waals surface area contributed by atoms with Gasteiger partial charge in [0.25, 0.3) is 10.0 Å². The highest BCUT2D eigenvalue weighted by Crippen LogP contribution is 2.29. The second kappa shape index (κ2) is 10.6. The Hall–Kier alpha value is -3.85. The third-order valence-corrected chi connectivity index (χ3v) is 5.75. The molecule has 0 aromatic heterocycles. The van der Waals surface area contributed by atoms with Crippen molar-refractivity contribution in [3.8, 4) is 17.2 Å². The molecule has 33 heavy (non-hydrogen) atoms. The van der Waals surface area contributed by atoms with Gasteiger partial charge in [-0.2, -0.15) is 13.5 Å². The summed E-state index contributed by atoms with van der Waals surface area (Å²) in [6, 6.07) is 17.7. The summed E-state index contributed by atoms with van der Waals surface area (Å²) in [5.41, 5.74) is 1.86. The summed E-state index contributed by atoms with van der Waals surface area (Å²) in [6.45, 7) is 4.01. The van der Waals surface area contributed by atoms with Crippen LogP contribution in [0.1, 0.15) is 28.4 Å². The van der Waals surface area contributed by atoms with Crippen molar-refractivity contribution in [1.29, 1.82) is 0 Å². The molecule has 0 fully saturated rings. The first-order valence-corrected chi connectivity index (χ1v) is 11.6. The molecule has 3 aromatic rings. The molecule has 172 valence electrons. The molecular weight excluding hydrogens is 444 g/mol. The fourth-order valence-corrected chi connectivity index (χ4v) is 3.58. The van der Waals surface area contributed by atoms with E-state index >= 15 is 0 Å². The molecule has 0 aliphatic carbocycles. The van der Waals surface area contributed by atoms with Crippen molar-refractivity contribution in [3.05, 3.63) is 83.4 Å². The summed E-state index contributed by atoms with van der Waals surface area (Å²) in [7, 11) is -2.24. The van der Waals surface area contributed by atoms with Crippen molar-refractivity contribution in [2.75, 3.05) is 13.7 Å². The first-order chi connectivity index (χ1) is 15.8. The lowest BCUT2D eigenvalue weighted by molar-refractivity contribution is 0.0728. The van der Waals surface area contributed by atoms with Gasteiger partial charge in [-0.3, -0.25) is 0 Å². The maximum atomic E-state index is 12.5. The van der Waals surface area contributed by atoms with E-state index in [2.05, 4.69) is 9.93 Å². The summed E-state index contributed by atoms with van der Waals surface area (Å²) in [5.74, 6) is 0.633. The molecular formula is C24H24N2O6S. The zero-order chi connectivity index (χ0) is 23.8. The third-order valence-electron chi connectivity index (χ3n) is 4.51. The Morgan fingerprint density at radius 3 is 2.33 bits per heavy atom. The van der Waals surface area contributed by atoms with Crippen molar-refractivity contribution < 1.29 is 27.4 Å². The summed E-state index contributed by atoms with van der Waals surface area (Å²) >= 11 is 0. The standard InChI is InChI=1S/C24H24N2O6S/c1-4-31-23-15-18(16-25-26-33(28,29)21-12-5-17(2)6-13-21)7-14-22(23)32-24(27)19-8-10-20(30-3)11-9-19/h5-16,26H,4H2,1-3H3. The van der Waals surface area contributed by atoms with E-state index in [1.165, 1.54) is 18.3 Å². The number of nitrogens with one attached hydrogen (secondary N) is 1. The second-order valence-corrected chi connectivity index (χ2v) is 8.58. The van der Waals surface area contributed by atoms with Crippen molar-refractivity contribution in [2.45, 2.75) is 18.7 Å². The van der Waals surface area contributed by atoms with Crippen LogP contribution in [0.25, 0.3) is 0 Å². The lowest BCUT2D eigenvalue weighted by Gasteiger charge is -2.11. The molecule has 0 radical (unpaired) electrons. The van der Waals surface area contributed by atoms with Gasteiger partial charge in [0.05, 0.1) is 30.4 Å². The number of nitrogens with zero attached hydrogens (tertiary/aromatic N) is 1. The molecule has 0 saturated heterocycles. The van der Waals surface area contributed by atoms with Crippen molar-refractivity contribution >= 4 is 22.2 Å². The quantitative estimate of drug-likeness (QED) is 0.221. The third kappa shape index (κ3) is 6.33. The van der Waals surface area contributed by atoms with E-state index < -0.39 is 16.0 Å². The molecule has 0 bridgehead atoms. The van der Waals surface area contributed by atoms with Crippen molar-refractivity contribution in [2.24, 2.45) is 5.10 Å². The van der Waals surface area contributed by atoms with Gasteiger partial charge in [-0.05, 0) is 74.0 Å². The van der Waals surface area contributed by atoms with Crippen LogP contribution in [0.2, 0.25) is 0 Å². The van der Waals surface area contributed by atoms with E-state index in [0.29, 0.717) is 29.2 Å². The van der Waals surface area contributed by atoms with Gasteiger partial charge < -0.3 is 14.2 Å². The van der Waals surface area contributed by atoms with Gasteiger partial charge in [-0.25, -0.2) is 9.63 Å². The van der Waals surface area contributed by atoms with E-state index in [1.807, 2.05) is 6.92 Å². The highest BCUT2D eigenvalue weighted by molar-refractivity contribution is 7.89. The fourth-order valence-electron chi connectivity index (χ4n) is 2.78. The maximum absolute atomic E-state index is 12.5. The number of carbonyl (C=O) groups is 1. The Bertz CT molecular complexity index is 1240. The lowest BCUT2D eigenvalue weighted by Crippen LogP contribution is -2.18. The molecule has 0 unspecified atom stereocenters. The number of aryl methyl sites for hydroxylation is 1. The Balaban J connectivity index is 1.73. The molecule has 0 atom stereocenters. The first-order valence-electron chi connectivity index (χ1n) is 10.1. The summed E-state index contributed by atoms with van der Waals surface area (Å²) in [4.78, 5) is 14.8. The van der Waals surface area contributed by atoms with Crippen LogP contribution in [0, 0.1) is 6.92 Å². The average molecular weight is 469 g/mol. The molecule has 0 aliphatic rings. The number of hydrogen-bond acceptors (Lipinski definition) is 7. The van der Waals surface area contributed by atoms with E-state index in [4.69, 9.17) is 14.2 Å². The Morgan fingerprint density at radius 1 is 1.00 bits per heavy atom. The Labute approximate surface area is 192 Å². The molecule has 8 nitrogen and oxygen atoms in total. The second-order valence-electron chi connectivity index (χ2n) is 6.92. The average Bonchev–Trinajstić information content (AvgIpc) is 2.81. The van der Waals surface area contributed by atoms with Gasteiger partial charge in [0, 0.05) is 0 Å². The normalized spacial score (nSPS) is 11.2. The van der Waals surface area contributed by atoms with E-state index in [-0.39, 0.29) is 10.6 Å². The smallest absolute Gasteiger partial charge is 0.343 e. The number of esters is 1. The van der Waals surface area contributed by atoms with E-state index in [9.17, 15) is 13.2 Å². The lowest BCUT2D eigenvalue weighted by atomic mass is 10.2. The highest BCUT2D eigenvalue weighted by atomic mass is 32.2. The molecule has 3 rings (SSSR count). The number of hydrazone groups is 1. The molecule has 0 saturated carbocycles. The zero-order valence-electron chi connectivity index (χ0n) is 18.4. The van der Waals surface area contributed by atoms with Crippen LogP contribution < -0.4 is 19.0 Å². The van der Waals surface area contributed by atoms with Gasteiger partial charge in [0.15, 0.2) is 11.5 Å². The number of methoxy groups -OCH3 is 1. The maximum Gasteiger partial charge on any atom is 0.343 e. The van der Waals surface area contributed by atoms with E-state index in [0.717, 1.165) is 5.56 Å². The van der Waals surface area contributed by atoms with Gasteiger partial charge in [-0.1, -0.05) is 17.7 Å². The number of benzene rings is 3. The number of ether oxygens (including phenoxy) is 3. The minimum Gasteiger partial charge on any atom is -0.497 e. The van der Waals surface area contributed by atoms with Crippen LogP contribution in [-0.4, -0.2) is 34.3 Å². The Kier molecular flexibility index (Phi) is 7.68. The van der Waals surface area contributed by atoms with Crippen molar-refractivity contribution in [3.63, 3.8) is 0 Å². The summed E-state index contributed by atoms with van der Waals surface area (Å²) in [5, 5.41) is 3.83. The fraction of sp³-hybridized carbons (Fsp3) is 0.167. The molecule has 0 spiro atoms. The predicted octanol–water partition coefficient (Wildman–Crippen LogP) is 3.93. The van der Waals surface area contributed by atoms with Gasteiger partial charge >= 0.3 is 5.97 Å². The largest absolute Gasteiger partial charge is 0.497 e. The van der Waals surface area contributed by atoms with Crippen molar-refractivity contribution in [1.82, 2.24) is 4.83 Å². The zero-order valence-corrected chi connectivity index (χ0v) is 19.3. The highest BCUT2D eigenvalue weighted by Gasteiger charge is 2.14. The van der Waals surface area contributed by atoms with Crippen LogP contribution in [0.15, 0.2) is 76.7 Å². The van der Waals surface area contributed by atoms with Crippen LogP contribution >= 0.6 is 0 Å². The van der Waals surface area contributed by atoms with Crippen LogP contribution in [0.4, 0.5) is 0 Å². The number of rotatable bonds is 9. The molecule has 0 heterocycles. The SMILES string of the molecule is CCOc1cc(C=NNS(=O)(=O)c2ccc(C)cc2)ccc1OC(=O)c1ccc(OC)cc1. The number of sulfonamides is 1. The number of hydrogen-bond donors (Lipinski definition) is 1. The Morgan fingerprint density at radius 2 is 1.70 bits per heavy atom. The predicted molar refractivity (Wildman–Crippen MR) is 125 cm³/mol. The molecule has 9 heteroatoms. The summed E-state index contributed by atoms with van der Waals surface area (Å²) in [6.07, 6.45) is 1.34. The van der Waals surface area contributed by atoms with Gasteiger partial charge in [0.1, 0.15) is 5.75 Å². The number of carbonyl (C=O) groups excluding carboxylic acids is 1. The molecule has 0 aliphatic heterocycles.